The SMILES string of the molecule is CCNCC.NCCO. The van der Waals surface area contributed by atoms with Crippen molar-refractivity contribution >= 4 is 0 Å². The van der Waals surface area contributed by atoms with E-state index in [9.17, 15) is 0 Å². The van der Waals surface area contributed by atoms with Gasteiger partial charge in [0.2, 0.25) is 0 Å². The molecule has 0 heterocycles. The molecule has 0 fully saturated rings. The van der Waals surface area contributed by atoms with E-state index >= 15 is 0 Å². The number of aliphatic hydroxyl groups is 1. The second kappa shape index (κ2) is 15.7. The summed E-state index contributed by atoms with van der Waals surface area (Å²) in [7, 11) is 0. The van der Waals surface area contributed by atoms with Crippen LogP contribution in [0.25, 0.3) is 0 Å². The maximum atomic E-state index is 7.75. The molecule has 0 aliphatic carbocycles. The molecule has 0 aliphatic rings. The van der Waals surface area contributed by atoms with Gasteiger partial charge in [-0.1, -0.05) is 13.8 Å². The van der Waals surface area contributed by atoms with Crippen molar-refractivity contribution in [2.45, 2.75) is 13.8 Å². The third-order valence-electron chi connectivity index (χ3n) is 0.629. The minimum atomic E-state index is 0.0972. The highest BCUT2D eigenvalue weighted by atomic mass is 16.3. The Morgan fingerprint density at radius 1 is 1.33 bits per heavy atom. The zero-order valence-corrected chi connectivity index (χ0v) is 6.35. The summed E-state index contributed by atoms with van der Waals surface area (Å²) in [4.78, 5) is 0. The van der Waals surface area contributed by atoms with Crippen molar-refractivity contribution in [3.63, 3.8) is 0 Å². The number of nitrogens with one attached hydrogen (secondary N) is 1. The van der Waals surface area contributed by atoms with E-state index in [2.05, 4.69) is 19.2 Å². The fourth-order valence-corrected chi connectivity index (χ4v) is 0.250. The fourth-order valence-electron chi connectivity index (χ4n) is 0.250. The summed E-state index contributed by atoms with van der Waals surface area (Å²) in [6, 6.07) is 0. The summed E-state index contributed by atoms with van der Waals surface area (Å²) >= 11 is 0. The predicted octanol–water partition coefficient (Wildman–Crippen LogP) is -0.447. The highest BCUT2D eigenvalue weighted by molar-refractivity contribution is 4.27. The quantitative estimate of drug-likeness (QED) is 0.490. The van der Waals surface area contributed by atoms with Gasteiger partial charge >= 0.3 is 0 Å². The molecule has 4 N–H and O–H groups in total. The van der Waals surface area contributed by atoms with E-state index in [4.69, 9.17) is 10.8 Å². The largest absolute Gasteiger partial charge is 0.395 e. The Kier molecular flexibility index (Phi) is 20.3. The smallest absolute Gasteiger partial charge is 0.0553 e. The van der Waals surface area contributed by atoms with Gasteiger partial charge in [-0.25, -0.2) is 0 Å². The molecule has 0 aromatic heterocycles. The van der Waals surface area contributed by atoms with Gasteiger partial charge in [0.05, 0.1) is 6.61 Å². The lowest BCUT2D eigenvalue weighted by atomic mass is 10.7. The minimum absolute atomic E-state index is 0.0972. The van der Waals surface area contributed by atoms with Gasteiger partial charge in [0.15, 0.2) is 0 Å². The Bertz CT molecular complexity index is 30.2. The van der Waals surface area contributed by atoms with E-state index in [1.807, 2.05) is 0 Å². The van der Waals surface area contributed by atoms with Gasteiger partial charge in [-0.15, -0.1) is 0 Å². The summed E-state index contributed by atoms with van der Waals surface area (Å²) in [6.07, 6.45) is 0. The van der Waals surface area contributed by atoms with Crippen LogP contribution >= 0.6 is 0 Å². The van der Waals surface area contributed by atoms with Gasteiger partial charge in [-0.05, 0) is 13.1 Å². The predicted molar refractivity (Wildman–Crippen MR) is 40.4 cm³/mol. The van der Waals surface area contributed by atoms with E-state index in [1.54, 1.807) is 0 Å². The molecule has 0 spiro atoms. The molecule has 3 nitrogen and oxygen atoms in total. The normalized spacial score (nSPS) is 8.00. The molecule has 58 valence electrons. The van der Waals surface area contributed by atoms with Crippen molar-refractivity contribution in [3.05, 3.63) is 0 Å². The Morgan fingerprint density at radius 3 is 1.67 bits per heavy atom. The van der Waals surface area contributed by atoms with Crippen LogP contribution in [0.2, 0.25) is 0 Å². The molecular weight excluding hydrogens is 116 g/mol. The number of nitrogens with two attached hydrogens (primary N) is 1. The van der Waals surface area contributed by atoms with Crippen LogP contribution in [0.4, 0.5) is 0 Å². The second-order valence-electron chi connectivity index (χ2n) is 1.47. The third kappa shape index (κ3) is 32.8. The fraction of sp³-hybridized carbons (Fsp3) is 1.00. The molecule has 0 aromatic carbocycles. The Balaban J connectivity index is 0. The van der Waals surface area contributed by atoms with Crippen molar-refractivity contribution in [1.82, 2.24) is 5.32 Å². The van der Waals surface area contributed by atoms with E-state index < -0.39 is 0 Å². The lowest BCUT2D eigenvalue weighted by molar-refractivity contribution is 0.306. The summed E-state index contributed by atoms with van der Waals surface area (Å²) in [5.74, 6) is 0. The van der Waals surface area contributed by atoms with E-state index in [-0.39, 0.29) is 6.61 Å². The number of hydrogen-bond acceptors (Lipinski definition) is 3. The second-order valence-corrected chi connectivity index (χ2v) is 1.47. The molecule has 9 heavy (non-hydrogen) atoms. The molecule has 0 radical (unpaired) electrons. The third-order valence-corrected chi connectivity index (χ3v) is 0.629. The zero-order chi connectivity index (χ0) is 7.54. The Hall–Kier alpha value is -0.120. The van der Waals surface area contributed by atoms with Gasteiger partial charge < -0.3 is 16.2 Å². The molecule has 0 amide bonds. The van der Waals surface area contributed by atoms with Gasteiger partial charge in [-0.3, -0.25) is 0 Å². The molecule has 0 unspecified atom stereocenters. The molecule has 3 heteroatoms. The van der Waals surface area contributed by atoms with Crippen LogP contribution in [0, 0.1) is 0 Å². The van der Waals surface area contributed by atoms with Crippen LogP contribution in [0.5, 0.6) is 0 Å². The van der Waals surface area contributed by atoms with E-state index in [0.29, 0.717) is 6.54 Å². The van der Waals surface area contributed by atoms with Crippen LogP contribution in [0.3, 0.4) is 0 Å². The zero-order valence-electron chi connectivity index (χ0n) is 6.35. The monoisotopic (exact) mass is 134 g/mol. The lowest BCUT2D eigenvalue weighted by Gasteiger charge is -1.86. The van der Waals surface area contributed by atoms with Crippen LogP contribution in [0.1, 0.15) is 13.8 Å². The Morgan fingerprint density at radius 2 is 1.67 bits per heavy atom. The van der Waals surface area contributed by atoms with E-state index in [0.717, 1.165) is 13.1 Å². The molecule has 0 aromatic rings. The van der Waals surface area contributed by atoms with Crippen LogP contribution < -0.4 is 11.1 Å². The lowest BCUT2D eigenvalue weighted by Crippen LogP contribution is -2.09. The highest BCUT2D eigenvalue weighted by Crippen LogP contribution is 1.47. The van der Waals surface area contributed by atoms with E-state index in [1.165, 1.54) is 0 Å². The molecule has 0 bridgehead atoms. The molecular formula is C6H18N2O. The maximum absolute atomic E-state index is 7.75. The van der Waals surface area contributed by atoms with Crippen molar-refractivity contribution in [2.24, 2.45) is 5.73 Å². The molecule has 0 aliphatic heterocycles. The van der Waals surface area contributed by atoms with Crippen LogP contribution in [-0.2, 0) is 0 Å². The first-order chi connectivity index (χ1) is 4.33. The van der Waals surface area contributed by atoms with Crippen LogP contribution in [-0.4, -0.2) is 31.3 Å². The summed E-state index contributed by atoms with van der Waals surface area (Å²) in [5.41, 5.74) is 4.78. The summed E-state index contributed by atoms with van der Waals surface area (Å²) in [6.45, 7) is 6.86. The first kappa shape index (κ1) is 11.6. The average Bonchev–Trinajstić information content (AvgIpc) is 1.91. The molecule has 0 saturated carbocycles. The minimum Gasteiger partial charge on any atom is -0.395 e. The highest BCUT2D eigenvalue weighted by Gasteiger charge is 1.62. The van der Waals surface area contributed by atoms with Crippen LogP contribution in [0.15, 0.2) is 0 Å². The topological polar surface area (TPSA) is 58.3 Å². The van der Waals surface area contributed by atoms with Gasteiger partial charge in [0.25, 0.3) is 0 Å². The van der Waals surface area contributed by atoms with Gasteiger partial charge in [0.1, 0.15) is 0 Å². The van der Waals surface area contributed by atoms with Gasteiger partial charge in [-0.2, -0.15) is 0 Å². The Labute approximate surface area is 57.3 Å². The summed E-state index contributed by atoms with van der Waals surface area (Å²) in [5, 5.41) is 10.9. The first-order valence-electron chi connectivity index (χ1n) is 3.35. The number of rotatable bonds is 3. The molecule has 0 saturated heterocycles. The van der Waals surface area contributed by atoms with Crippen molar-refractivity contribution in [3.8, 4) is 0 Å². The number of hydrogen-bond donors (Lipinski definition) is 3. The average molecular weight is 134 g/mol. The number of aliphatic hydroxyl groups excluding tert-OH is 1. The first-order valence-corrected chi connectivity index (χ1v) is 3.35. The maximum Gasteiger partial charge on any atom is 0.0553 e. The van der Waals surface area contributed by atoms with Crippen molar-refractivity contribution in [1.29, 1.82) is 0 Å². The molecule has 0 rings (SSSR count). The van der Waals surface area contributed by atoms with Crippen molar-refractivity contribution < 1.29 is 5.11 Å². The molecule has 0 atom stereocenters. The van der Waals surface area contributed by atoms with Crippen molar-refractivity contribution in [2.75, 3.05) is 26.2 Å². The van der Waals surface area contributed by atoms with Gasteiger partial charge in [0, 0.05) is 6.54 Å². The summed E-state index contributed by atoms with van der Waals surface area (Å²) < 4.78 is 0. The standard InChI is InChI=1S/C4H11N.C2H7NO/c1-3-5-4-2;3-1-2-4/h5H,3-4H2,1-2H3;4H,1-3H2.